The van der Waals surface area contributed by atoms with Crippen molar-refractivity contribution in [1.29, 1.82) is 0 Å². The van der Waals surface area contributed by atoms with Crippen molar-refractivity contribution in [3.05, 3.63) is 23.5 Å². The van der Waals surface area contributed by atoms with Crippen molar-refractivity contribution in [3.63, 3.8) is 0 Å². The second-order valence-electron chi connectivity index (χ2n) is 4.59. The molecule has 1 fully saturated rings. The maximum absolute atomic E-state index is 12.6. The van der Waals surface area contributed by atoms with E-state index < -0.39 is 10.0 Å². The van der Waals surface area contributed by atoms with Gasteiger partial charge in [0.15, 0.2) is 0 Å². The molecule has 1 unspecified atom stereocenters. The molecule has 7 heteroatoms. The molecular formula is C12H17ClN2O3S. The van der Waals surface area contributed by atoms with Gasteiger partial charge in [0, 0.05) is 18.8 Å². The zero-order chi connectivity index (χ0) is 13.9. The van der Waals surface area contributed by atoms with Gasteiger partial charge in [0.2, 0.25) is 10.0 Å². The Morgan fingerprint density at radius 1 is 1.42 bits per heavy atom. The number of aliphatic hydroxyl groups is 1. The normalized spacial score (nSPS) is 22.1. The van der Waals surface area contributed by atoms with Crippen LogP contribution in [0.1, 0.15) is 25.7 Å². The van der Waals surface area contributed by atoms with Gasteiger partial charge in [-0.05, 0) is 25.0 Å². The largest absolute Gasteiger partial charge is 0.395 e. The number of aromatic nitrogens is 1. The number of hydrogen-bond donors (Lipinski definition) is 1. The van der Waals surface area contributed by atoms with Crippen molar-refractivity contribution in [2.45, 2.75) is 36.6 Å². The lowest BCUT2D eigenvalue weighted by molar-refractivity contribution is 0.186. The Labute approximate surface area is 118 Å². The second kappa shape index (κ2) is 6.17. The SMILES string of the molecule is O=S(=O)(c1cccnc1Cl)N1CCCCCC1CO. The zero-order valence-corrected chi connectivity index (χ0v) is 12.1. The van der Waals surface area contributed by atoms with Crippen molar-refractivity contribution < 1.29 is 13.5 Å². The third-order valence-corrected chi connectivity index (χ3v) is 5.74. The number of halogens is 1. The summed E-state index contributed by atoms with van der Waals surface area (Å²) in [4.78, 5) is 3.82. The van der Waals surface area contributed by atoms with E-state index in [0.717, 1.165) is 19.3 Å². The first-order chi connectivity index (χ1) is 9.07. The van der Waals surface area contributed by atoms with E-state index in [0.29, 0.717) is 13.0 Å². The molecule has 0 aromatic carbocycles. The number of hydrogen-bond acceptors (Lipinski definition) is 4. The standard InChI is InChI=1S/C12H17ClN2O3S/c13-12-11(6-4-7-14-12)19(17,18)15-8-3-1-2-5-10(15)9-16/h4,6-7,10,16H,1-3,5,8-9H2. The summed E-state index contributed by atoms with van der Waals surface area (Å²) in [5.74, 6) is 0. The lowest BCUT2D eigenvalue weighted by atomic mass is 10.1. The van der Waals surface area contributed by atoms with E-state index >= 15 is 0 Å². The highest BCUT2D eigenvalue weighted by Gasteiger charge is 2.33. The summed E-state index contributed by atoms with van der Waals surface area (Å²) in [6.07, 6.45) is 4.83. The van der Waals surface area contributed by atoms with Crippen LogP contribution in [0.4, 0.5) is 0 Å². The fourth-order valence-electron chi connectivity index (χ4n) is 2.34. The van der Waals surface area contributed by atoms with Gasteiger partial charge in [0.25, 0.3) is 0 Å². The first kappa shape index (κ1) is 14.7. The molecule has 5 nitrogen and oxygen atoms in total. The van der Waals surface area contributed by atoms with Crippen molar-refractivity contribution in [3.8, 4) is 0 Å². The van der Waals surface area contributed by atoms with Crippen molar-refractivity contribution in [1.82, 2.24) is 9.29 Å². The van der Waals surface area contributed by atoms with Crippen LogP contribution >= 0.6 is 11.6 Å². The van der Waals surface area contributed by atoms with E-state index in [1.165, 1.54) is 16.6 Å². The average Bonchev–Trinajstić information content (AvgIpc) is 2.64. The molecule has 0 aliphatic carbocycles. The second-order valence-corrected chi connectivity index (χ2v) is 6.81. The minimum absolute atomic E-state index is 0.0111. The zero-order valence-electron chi connectivity index (χ0n) is 10.5. The fourth-order valence-corrected chi connectivity index (χ4v) is 4.45. The highest BCUT2D eigenvalue weighted by Crippen LogP contribution is 2.27. The summed E-state index contributed by atoms with van der Waals surface area (Å²) < 4.78 is 26.6. The van der Waals surface area contributed by atoms with E-state index in [1.54, 1.807) is 6.07 Å². The molecule has 1 aliphatic rings. The van der Waals surface area contributed by atoms with Crippen LogP contribution in [-0.4, -0.2) is 42.0 Å². The smallest absolute Gasteiger partial charge is 0.246 e. The quantitative estimate of drug-likeness (QED) is 0.862. The Morgan fingerprint density at radius 3 is 2.89 bits per heavy atom. The highest BCUT2D eigenvalue weighted by atomic mass is 35.5. The van der Waals surface area contributed by atoms with Gasteiger partial charge in [-0.3, -0.25) is 0 Å². The Morgan fingerprint density at radius 2 is 2.21 bits per heavy atom. The van der Waals surface area contributed by atoms with Crippen LogP contribution in [0.3, 0.4) is 0 Å². The van der Waals surface area contributed by atoms with Crippen LogP contribution in [-0.2, 0) is 10.0 Å². The average molecular weight is 305 g/mol. The monoisotopic (exact) mass is 304 g/mol. The highest BCUT2D eigenvalue weighted by molar-refractivity contribution is 7.89. The Kier molecular flexibility index (Phi) is 4.78. The summed E-state index contributed by atoms with van der Waals surface area (Å²) >= 11 is 5.88. The topological polar surface area (TPSA) is 70.5 Å². The van der Waals surface area contributed by atoms with E-state index in [1.807, 2.05) is 0 Å². The molecule has 1 aliphatic heterocycles. The number of nitrogens with zero attached hydrogens (tertiary/aromatic N) is 2. The molecule has 2 heterocycles. The third kappa shape index (κ3) is 3.08. The van der Waals surface area contributed by atoms with Gasteiger partial charge in [-0.1, -0.05) is 24.4 Å². The van der Waals surface area contributed by atoms with Gasteiger partial charge in [-0.15, -0.1) is 0 Å². The number of rotatable bonds is 3. The first-order valence-corrected chi connectivity index (χ1v) is 8.12. The molecule has 1 atom stereocenters. The van der Waals surface area contributed by atoms with Gasteiger partial charge < -0.3 is 5.11 Å². The van der Waals surface area contributed by atoms with Crippen LogP contribution in [0.5, 0.6) is 0 Å². The van der Waals surface area contributed by atoms with E-state index in [4.69, 9.17) is 11.6 Å². The molecule has 1 aromatic heterocycles. The first-order valence-electron chi connectivity index (χ1n) is 6.30. The van der Waals surface area contributed by atoms with Crippen LogP contribution in [0.2, 0.25) is 5.15 Å². The molecule has 0 radical (unpaired) electrons. The van der Waals surface area contributed by atoms with Crippen LogP contribution in [0, 0.1) is 0 Å². The van der Waals surface area contributed by atoms with E-state index in [-0.39, 0.29) is 22.7 Å². The number of aliphatic hydroxyl groups excluding tert-OH is 1. The molecule has 106 valence electrons. The molecule has 0 saturated carbocycles. The molecule has 0 amide bonds. The summed E-state index contributed by atoms with van der Waals surface area (Å²) in [6, 6.07) is 2.62. The summed E-state index contributed by atoms with van der Waals surface area (Å²) in [6.45, 7) is 0.246. The molecule has 1 saturated heterocycles. The molecule has 1 N–H and O–H groups in total. The lowest BCUT2D eigenvalue weighted by Gasteiger charge is -2.27. The van der Waals surface area contributed by atoms with Gasteiger partial charge in [-0.25, -0.2) is 13.4 Å². The maximum Gasteiger partial charge on any atom is 0.246 e. The van der Waals surface area contributed by atoms with E-state index in [9.17, 15) is 13.5 Å². The molecule has 0 bridgehead atoms. The Balaban J connectivity index is 2.39. The summed E-state index contributed by atoms with van der Waals surface area (Å²) in [5.41, 5.74) is 0. The molecular weight excluding hydrogens is 288 g/mol. The molecule has 0 spiro atoms. The minimum atomic E-state index is -3.70. The van der Waals surface area contributed by atoms with Gasteiger partial charge in [0.1, 0.15) is 10.0 Å². The summed E-state index contributed by atoms with van der Waals surface area (Å²) in [7, 11) is -3.70. The van der Waals surface area contributed by atoms with Gasteiger partial charge >= 0.3 is 0 Å². The predicted molar refractivity (Wildman–Crippen MR) is 72.5 cm³/mol. The lowest BCUT2D eigenvalue weighted by Crippen LogP contribution is -2.42. The van der Waals surface area contributed by atoms with Crippen LogP contribution < -0.4 is 0 Å². The molecule has 19 heavy (non-hydrogen) atoms. The number of sulfonamides is 1. The van der Waals surface area contributed by atoms with Crippen molar-refractivity contribution in [2.75, 3.05) is 13.2 Å². The van der Waals surface area contributed by atoms with Gasteiger partial charge in [-0.2, -0.15) is 4.31 Å². The van der Waals surface area contributed by atoms with Crippen LogP contribution in [0.15, 0.2) is 23.2 Å². The molecule has 1 aromatic rings. The van der Waals surface area contributed by atoms with Crippen molar-refractivity contribution >= 4 is 21.6 Å². The number of pyridine rings is 1. The third-order valence-electron chi connectivity index (χ3n) is 3.35. The van der Waals surface area contributed by atoms with E-state index in [2.05, 4.69) is 4.98 Å². The summed E-state index contributed by atoms with van der Waals surface area (Å²) in [5, 5.41) is 9.39. The fraction of sp³-hybridized carbons (Fsp3) is 0.583. The van der Waals surface area contributed by atoms with Gasteiger partial charge in [0.05, 0.1) is 6.61 Å². The Bertz CT molecular complexity index is 536. The predicted octanol–water partition coefficient (Wildman–Crippen LogP) is 1.66. The van der Waals surface area contributed by atoms with Crippen molar-refractivity contribution in [2.24, 2.45) is 0 Å². The maximum atomic E-state index is 12.6. The minimum Gasteiger partial charge on any atom is -0.395 e. The Hall–Kier alpha value is -0.690. The van der Waals surface area contributed by atoms with Crippen LogP contribution in [0.25, 0.3) is 0 Å². The molecule has 2 rings (SSSR count).